The number of esters is 1. The first-order valence-electron chi connectivity index (χ1n) is 4.64. The molecule has 88 valence electrons. The molecule has 0 radical (unpaired) electrons. The van der Waals surface area contributed by atoms with Gasteiger partial charge in [-0.2, -0.15) is 0 Å². The van der Waals surface area contributed by atoms with Gasteiger partial charge in [-0.3, -0.25) is 0 Å². The molecule has 0 aliphatic rings. The Bertz CT molecular complexity index is 588. The van der Waals surface area contributed by atoms with Crippen molar-refractivity contribution < 1.29 is 12.6 Å². The number of methoxy groups -OCH3 is 1. The highest BCUT2D eigenvalue weighted by Crippen LogP contribution is 2.36. The molecule has 0 aliphatic carbocycles. The van der Waals surface area contributed by atoms with Gasteiger partial charge in [-0.25, -0.2) is 9.78 Å². The Morgan fingerprint density at radius 2 is 2.12 bits per heavy atom. The molecule has 2 aromatic rings. The van der Waals surface area contributed by atoms with E-state index in [-0.39, 0.29) is 10.7 Å². The predicted octanol–water partition coefficient (Wildman–Crippen LogP) is 3.40. The second kappa shape index (κ2) is 5.05. The van der Waals surface area contributed by atoms with Crippen LogP contribution in [0.15, 0.2) is 24.3 Å². The van der Waals surface area contributed by atoms with E-state index in [4.69, 9.17) is 14.7 Å². The SMILES string of the molecule is COC(=O)c1nc2ccccc2c(OI)c1Cl. The van der Waals surface area contributed by atoms with Gasteiger partial charge < -0.3 is 7.80 Å². The van der Waals surface area contributed by atoms with Gasteiger partial charge in [0.05, 0.1) is 12.6 Å². The van der Waals surface area contributed by atoms with Crippen LogP contribution in [0.3, 0.4) is 0 Å². The molecule has 0 saturated carbocycles. The average Bonchev–Trinajstić information content (AvgIpc) is 2.37. The van der Waals surface area contributed by atoms with Gasteiger partial charge in [-0.1, -0.05) is 23.7 Å². The standard InChI is InChI=1S/C11H7ClINO3/c1-16-11(15)9-8(12)10(17-13)6-4-2-3-5-7(6)14-9/h2-5H,1H3. The highest BCUT2D eigenvalue weighted by atomic mass is 127. The largest absolute Gasteiger partial charge is 0.464 e. The fraction of sp³-hybridized carbons (Fsp3) is 0.0909. The zero-order chi connectivity index (χ0) is 12.4. The van der Waals surface area contributed by atoms with Gasteiger partial charge in [-0.05, 0) is 12.1 Å². The van der Waals surface area contributed by atoms with Gasteiger partial charge in [-0.15, -0.1) is 0 Å². The van der Waals surface area contributed by atoms with Crippen molar-refractivity contribution in [1.29, 1.82) is 0 Å². The van der Waals surface area contributed by atoms with E-state index in [9.17, 15) is 4.79 Å². The summed E-state index contributed by atoms with van der Waals surface area (Å²) in [6, 6.07) is 7.26. The summed E-state index contributed by atoms with van der Waals surface area (Å²) < 4.78 is 9.81. The summed E-state index contributed by atoms with van der Waals surface area (Å²) in [5.41, 5.74) is 0.684. The average molecular weight is 364 g/mol. The van der Waals surface area contributed by atoms with Crippen molar-refractivity contribution in [2.75, 3.05) is 7.11 Å². The molecule has 0 amide bonds. The van der Waals surface area contributed by atoms with E-state index < -0.39 is 5.97 Å². The van der Waals surface area contributed by atoms with Crippen molar-refractivity contribution in [3.63, 3.8) is 0 Å². The van der Waals surface area contributed by atoms with Crippen LogP contribution >= 0.6 is 34.6 Å². The molecule has 2 rings (SSSR count). The maximum absolute atomic E-state index is 11.5. The van der Waals surface area contributed by atoms with E-state index in [1.54, 1.807) is 29.1 Å². The number of carbonyl (C=O) groups excluding carboxylic acids is 1. The Morgan fingerprint density at radius 3 is 2.76 bits per heavy atom. The number of hydrogen-bond acceptors (Lipinski definition) is 4. The lowest BCUT2D eigenvalue weighted by atomic mass is 10.2. The number of para-hydroxylation sites is 1. The van der Waals surface area contributed by atoms with Crippen LogP contribution in [0.5, 0.6) is 5.75 Å². The van der Waals surface area contributed by atoms with Crippen LogP contribution in [-0.4, -0.2) is 18.1 Å². The number of carbonyl (C=O) groups is 1. The number of halogens is 2. The number of benzene rings is 1. The lowest BCUT2D eigenvalue weighted by Gasteiger charge is -2.08. The zero-order valence-corrected chi connectivity index (χ0v) is 11.7. The molecule has 4 nitrogen and oxygen atoms in total. The minimum atomic E-state index is -0.588. The first kappa shape index (κ1) is 12.4. The maximum Gasteiger partial charge on any atom is 0.358 e. The highest BCUT2D eigenvalue weighted by molar-refractivity contribution is 14.1. The summed E-state index contributed by atoms with van der Waals surface area (Å²) in [7, 11) is 1.28. The molecule has 1 heterocycles. The fourth-order valence-electron chi connectivity index (χ4n) is 1.47. The Hall–Kier alpha value is -1.08. The molecular formula is C11H7ClINO3. The third-order valence-electron chi connectivity index (χ3n) is 2.24. The molecule has 0 saturated heterocycles. The van der Waals surface area contributed by atoms with Crippen molar-refractivity contribution in [3.8, 4) is 5.75 Å². The number of nitrogens with zero attached hydrogens (tertiary/aromatic N) is 1. The van der Waals surface area contributed by atoms with Crippen molar-refractivity contribution in [2.24, 2.45) is 0 Å². The zero-order valence-electron chi connectivity index (χ0n) is 8.74. The normalized spacial score (nSPS) is 10.3. The van der Waals surface area contributed by atoms with Crippen LogP contribution in [0.1, 0.15) is 10.5 Å². The summed E-state index contributed by atoms with van der Waals surface area (Å²) in [5, 5.41) is 0.907. The number of rotatable bonds is 2. The summed E-state index contributed by atoms with van der Waals surface area (Å²) in [6.07, 6.45) is 0. The van der Waals surface area contributed by atoms with Crippen molar-refractivity contribution in [2.45, 2.75) is 0 Å². The molecule has 1 aromatic carbocycles. The molecule has 1 aromatic heterocycles. The predicted molar refractivity (Wildman–Crippen MR) is 72.7 cm³/mol. The van der Waals surface area contributed by atoms with Crippen LogP contribution in [0.25, 0.3) is 10.9 Å². The lowest BCUT2D eigenvalue weighted by Crippen LogP contribution is -2.06. The van der Waals surface area contributed by atoms with Crippen LogP contribution in [0.4, 0.5) is 0 Å². The summed E-state index contributed by atoms with van der Waals surface area (Å²) in [4.78, 5) is 15.7. The molecule has 0 unspecified atom stereocenters. The molecule has 0 fully saturated rings. The first-order valence-corrected chi connectivity index (χ1v) is 5.90. The number of ether oxygens (including phenoxy) is 1. The number of hydrogen-bond donors (Lipinski definition) is 0. The summed E-state index contributed by atoms with van der Waals surface area (Å²) in [6.45, 7) is 0. The van der Waals surface area contributed by atoms with Crippen molar-refractivity contribution in [3.05, 3.63) is 35.0 Å². The molecule has 0 atom stereocenters. The molecule has 0 bridgehead atoms. The minimum Gasteiger partial charge on any atom is -0.464 e. The molecule has 0 aliphatic heterocycles. The van der Waals surface area contributed by atoms with E-state index in [2.05, 4.69) is 9.72 Å². The molecular weight excluding hydrogens is 356 g/mol. The molecule has 0 N–H and O–H groups in total. The number of pyridine rings is 1. The van der Waals surface area contributed by atoms with E-state index >= 15 is 0 Å². The lowest BCUT2D eigenvalue weighted by molar-refractivity contribution is 0.0594. The Morgan fingerprint density at radius 1 is 1.41 bits per heavy atom. The molecule has 17 heavy (non-hydrogen) atoms. The van der Waals surface area contributed by atoms with Gasteiger partial charge >= 0.3 is 5.97 Å². The first-order chi connectivity index (χ1) is 8.19. The maximum atomic E-state index is 11.5. The number of fused-ring (bicyclic) bond motifs is 1. The molecule has 0 spiro atoms. The summed E-state index contributed by atoms with van der Waals surface area (Å²) in [5.74, 6) is -0.172. The van der Waals surface area contributed by atoms with Gasteiger partial charge in [0.2, 0.25) is 0 Å². The van der Waals surface area contributed by atoms with Crippen molar-refractivity contribution in [1.82, 2.24) is 4.98 Å². The topological polar surface area (TPSA) is 48.4 Å². The highest BCUT2D eigenvalue weighted by Gasteiger charge is 2.20. The second-order valence-electron chi connectivity index (χ2n) is 3.19. The van der Waals surface area contributed by atoms with E-state index in [1.807, 2.05) is 18.2 Å². The van der Waals surface area contributed by atoms with Gasteiger partial charge in [0.25, 0.3) is 0 Å². The van der Waals surface area contributed by atoms with E-state index in [0.29, 0.717) is 11.3 Å². The minimum absolute atomic E-state index is 0.0551. The second-order valence-corrected chi connectivity index (χ2v) is 4.01. The van der Waals surface area contributed by atoms with Gasteiger partial charge in [0.1, 0.15) is 5.02 Å². The summed E-state index contributed by atoms with van der Waals surface area (Å²) >= 11 is 7.78. The van der Waals surface area contributed by atoms with Crippen LogP contribution < -0.4 is 3.07 Å². The Kier molecular flexibility index (Phi) is 3.68. The van der Waals surface area contributed by atoms with Crippen LogP contribution in [0.2, 0.25) is 5.02 Å². The van der Waals surface area contributed by atoms with E-state index in [1.165, 1.54) is 7.11 Å². The van der Waals surface area contributed by atoms with E-state index in [0.717, 1.165) is 5.39 Å². The van der Waals surface area contributed by atoms with Crippen molar-refractivity contribution >= 4 is 51.5 Å². The molecule has 6 heteroatoms. The fourth-order valence-corrected chi connectivity index (χ4v) is 2.31. The third-order valence-corrected chi connectivity index (χ3v) is 3.04. The van der Waals surface area contributed by atoms with Crippen LogP contribution in [0, 0.1) is 0 Å². The monoisotopic (exact) mass is 363 g/mol. The van der Waals surface area contributed by atoms with Crippen LogP contribution in [-0.2, 0) is 4.74 Å². The Labute approximate surface area is 117 Å². The quantitative estimate of drug-likeness (QED) is 0.606. The smallest absolute Gasteiger partial charge is 0.358 e. The Balaban J connectivity index is 2.80. The third kappa shape index (κ3) is 2.16. The van der Waals surface area contributed by atoms with Gasteiger partial charge in [0.15, 0.2) is 34.4 Å². The number of aromatic nitrogens is 1. The van der Waals surface area contributed by atoms with Gasteiger partial charge in [0, 0.05) is 5.39 Å².